The Hall–Kier alpha value is -1.32. The van der Waals surface area contributed by atoms with Crippen LogP contribution in [0.4, 0.5) is 0 Å². The van der Waals surface area contributed by atoms with Crippen LogP contribution in [-0.2, 0) is 5.41 Å². The summed E-state index contributed by atoms with van der Waals surface area (Å²) in [6.07, 6.45) is -0.621. The van der Waals surface area contributed by atoms with Crippen molar-refractivity contribution in [1.82, 2.24) is 0 Å². The zero-order valence-corrected chi connectivity index (χ0v) is 12.6. The number of benzene rings is 1. The summed E-state index contributed by atoms with van der Waals surface area (Å²) >= 11 is 1.51. The average Bonchev–Trinajstić information content (AvgIpc) is 2.85. The number of methoxy groups -OCH3 is 1. The average molecular weight is 276 g/mol. The SMILES string of the molecule is COc1ccsc1C(O)c1ccc(C(C)(C)C)cc1. The summed E-state index contributed by atoms with van der Waals surface area (Å²) in [6.45, 7) is 6.54. The summed E-state index contributed by atoms with van der Waals surface area (Å²) in [5, 5.41) is 12.3. The highest BCUT2D eigenvalue weighted by molar-refractivity contribution is 7.10. The molecule has 0 aliphatic heterocycles. The Labute approximate surface area is 118 Å². The monoisotopic (exact) mass is 276 g/mol. The number of hydrogen-bond acceptors (Lipinski definition) is 3. The smallest absolute Gasteiger partial charge is 0.135 e. The number of thiophene rings is 1. The highest BCUT2D eigenvalue weighted by Crippen LogP contribution is 2.35. The van der Waals surface area contributed by atoms with Crippen LogP contribution >= 0.6 is 11.3 Å². The van der Waals surface area contributed by atoms with E-state index in [1.807, 2.05) is 23.6 Å². The zero-order valence-electron chi connectivity index (χ0n) is 11.8. The van der Waals surface area contributed by atoms with E-state index in [4.69, 9.17) is 4.74 Å². The van der Waals surface area contributed by atoms with Gasteiger partial charge in [-0.1, -0.05) is 45.0 Å². The first-order valence-electron chi connectivity index (χ1n) is 6.33. The minimum absolute atomic E-state index is 0.129. The first kappa shape index (κ1) is 14.1. The molecular formula is C16H20O2S. The molecule has 0 aliphatic rings. The van der Waals surface area contributed by atoms with Crippen molar-refractivity contribution in [3.8, 4) is 5.75 Å². The van der Waals surface area contributed by atoms with E-state index < -0.39 is 6.10 Å². The van der Waals surface area contributed by atoms with Crippen LogP contribution in [-0.4, -0.2) is 12.2 Å². The maximum atomic E-state index is 10.4. The van der Waals surface area contributed by atoms with Crippen molar-refractivity contribution in [2.24, 2.45) is 0 Å². The van der Waals surface area contributed by atoms with Gasteiger partial charge in [-0.05, 0) is 28.0 Å². The van der Waals surface area contributed by atoms with Gasteiger partial charge in [0.25, 0.3) is 0 Å². The lowest BCUT2D eigenvalue weighted by molar-refractivity contribution is 0.219. The normalized spacial score (nSPS) is 13.3. The molecule has 1 heterocycles. The van der Waals surface area contributed by atoms with Crippen molar-refractivity contribution < 1.29 is 9.84 Å². The minimum Gasteiger partial charge on any atom is -0.495 e. The van der Waals surface area contributed by atoms with Crippen molar-refractivity contribution in [2.75, 3.05) is 7.11 Å². The summed E-state index contributed by atoms with van der Waals surface area (Å²) in [5.41, 5.74) is 2.29. The lowest BCUT2D eigenvalue weighted by Crippen LogP contribution is -2.11. The Morgan fingerprint density at radius 2 is 1.74 bits per heavy atom. The molecule has 0 spiro atoms. The van der Waals surface area contributed by atoms with E-state index in [0.717, 1.165) is 16.2 Å². The second kappa shape index (κ2) is 5.35. The van der Waals surface area contributed by atoms with Crippen LogP contribution in [0.3, 0.4) is 0 Å². The second-order valence-electron chi connectivity index (χ2n) is 5.63. The standard InChI is InChI=1S/C16H20O2S/c1-16(2,3)12-7-5-11(6-8-12)14(17)15-13(18-4)9-10-19-15/h5-10,14,17H,1-4H3. The van der Waals surface area contributed by atoms with E-state index in [-0.39, 0.29) is 5.41 Å². The van der Waals surface area contributed by atoms with Crippen LogP contribution in [0, 0.1) is 0 Å². The number of ether oxygens (including phenoxy) is 1. The van der Waals surface area contributed by atoms with Crippen molar-refractivity contribution in [2.45, 2.75) is 32.3 Å². The van der Waals surface area contributed by atoms with E-state index >= 15 is 0 Å². The number of rotatable bonds is 3. The van der Waals surface area contributed by atoms with E-state index in [0.29, 0.717) is 0 Å². The van der Waals surface area contributed by atoms with Crippen molar-refractivity contribution in [3.63, 3.8) is 0 Å². The molecule has 2 nitrogen and oxygen atoms in total. The van der Waals surface area contributed by atoms with Crippen molar-refractivity contribution in [1.29, 1.82) is 0 Å². The molecule has 1 aromatic heterocycles. The summed E-state index contributed by atoms with van der Waals surface area (Å²) in [7, 11) is 1.63. The third kappa shape index (κ3) is 2.99. The summed E-state index contributed by atoms with van der Waals surface area (Å²) in [6, 6.07) is 10.0. The molecule has 0 amide bonds. The van der Waals surface area contributed by atoms with E-state index in [1.54, 1.807) is 7.11 Å². The van der Waals surface area contributed by atoms with Crippen LogP contribution < -0.4 is 4.74 Å². The Kier molecular flexibility index (Phi) is 3.97. The second-order valence-corrected chi connectivity index (χ2v) is 6.58. The molecule has 2 aromatic rings. The molecular weight excluding hydrogens is 256 g/mol. The molecule has 2 rings (SSSR count). The lowest BCUT2D eigenvalue weighted by Gasteiger charge is -2.20. The Bertz CT molecular complexity index is 535. The lowest BCUT2D eigenvalue weighted by atomic mass is 9.86. The van der Waals surface area contributed by atoms with Gasteiger partial charge in [0.15, 0.2) is 0 Å². The Balaban J connectivity index is 2.28. The molecule has 3 heteroatoms. The predicted octanol–water partition coefficient (Wildman–Crippen LogP) is 4.14. The van der Waals surface area contributed by atoms with Gasteiger partial charge < -0.3 is 9.84 Å². The number of aliphatic hydroxyl groups is 1. The van der Waals surface area contributed by atoms with E-state index in [2.05, 4.69) is 32.9 Å². The first-order valence-corrected chi connectivity index (χ1v) is 7.21. The topological polar surface area (TPSA) is 29.5 Å². The van der Waals surface area contributed by atoms with Crippen LogP contribution in [0.1, 0.15) is 42.9 Å². The highest BCUT2D eigenvalue weighted by atomic mass is 32.1. The van der Waals surface area contributed by atoms with Crippen LogP contribution in [0.5, 0.6) is 5.75 Å². The van der Waals surface area contributed by atoms with Gasteiger partial charge in [-0.25, -0.2) is 0 Å². The van der Waals surface area contributed by atoms with Crippen LogP contribution in [0.15, 0.2) is 35.7 Å². The molecule has 0 fully saturated rings. The maximum absolute atomic E-state index is 10.4. The summed E-state index contributed by atoms with van der Waals surface area (Å²) < 4.78 is 5.26. The van der Waals surface area contributed by atoms with Crippen LogP contribution in [0.25, 0.3) is 0 Å². The third-order valence-electron chi connectivity index (χ3n) is 3.22. The molecule has 0 aliphatic carbocycles. The fourth-order valence-electron chi connectivity index (χ4n) is 1.99. The number of hydrogen-bond donors (Lipinski definition) is 1. The summed E-state index contributed by atoms with van der Waals surface area (Å²) in [4.78, 5) is 0.853. The molecule has 102 valence electrons. The van der Waals surface area contributed by atoms with Gasteiger partial charge >= 0.3 is 0 Å². The number of aliphatic hydroxyl groups excluding tert-OH is 1. The quantitative estimate of drug-likeness (QED) is 0.913. The van der Waals surface area contributed by atoms with E-state index in [1.165, 1.54) is 16.9 Å². The van der Waals surface area contributed by atoms with Gasteiger partial charge in [0.2, 0.25) is 0 Å². The fraction of sp³-hybridized carbons (Fsp3) is 0.375. The predicted molar refractivity (Wildman–Crippen MR) is 80.1 cm³/mol. The molecule has 0 saturated carbocycles. The summed E-state index contributed by atoms with van der Waals surface area (Å²) in [5.74, 6) is 0.748. The van der Waals surface area contributed by atoms with Gasteiger partial charge in [-0.15, -0.1) is 11.3 Å². The molecule has 0 saturated heterocycles. The van der Waals surface area contributed by atoms with Gasteiger partial charge in [-0.3, -0.25) is 0 Å². The molecule has 1 unspecified atom stereocenters. The van der Waals surface area contributed by atoms with Gasteiger partial charge in [0.1, 0.15) is 11.9 Å². The van der Waals surface area contributed by atoms with Crippen molar-refractivity contribution in [3.05, 3.63) is 51.7 Å². The highest BCUT2D eigenvalue weighted by Gasteiger charge is 2.18. The Morgan fingerprint density at radius 3 is 2.26 bits per heavy atom. The van der Waals surface area contributed by atoms with Gasteiger partial charge in [0.05, 0.1) is 12.0 Å². The minimum atomic E-state index is -0.621. The Morgan fingerprint density at radius 1 is 1.11 bits per heavy atom. The molecule has 1 aromatic carbocycles. The van der Waals surface area contributed by atoms with Crippen molar-refractivity contribution >= 4 is 11.3 Å². The molecule has 1 atom stereocenters. The van der Waals surface area contributed by atoms with Gasteiger partial charge in [-0.2, -0.15) is 0 Å². The maximum Gasteiger partial charge on any atom is 0.135 e. The van der Waals surface area contributed by atoms with Crippen LogP contribution in [0.2, 0.25) is 0 Å². The fourth-order valence-corrected chi connectivity index (χ4v) is 2.86. The molecule has 19 heavy (non-hydrogen) atoms. The largest absolute Gasteiger partial charge is 0.495 e. The zero-order chi connectivity index (χ0) is 14.0. The van der Waals surface area contributed by atoms with Gasteiger partial charge in [0, 0.05) is 0 Å². The molecule has 0 radical (unpaired) electrons. The first-order chi connectivity index (χ1) is 8.93. The molecule has 1 N–H and O–H groups in total. The van der Waals surface area contributed by atoms with E-state index in [9.17, 15) is 5.11 Å². The third-order valence-corrected chi connectivity index (χ3v) is 4.17. The molecule has 0 bridgehead atoms.